The van der Waals surface area contributed by atoms with Crippen LogP contribution in [-0.4, -0.2) is 59.0 Å². The summed E-state index contributed by atoms with van der Waals surface area (Å²) in [7, 11) is 1.99. The van der Waals surface area contributed by atoms with Gasteiger partial charge >= 0.3 is 6.36 Å². The van der Waals surface area contributed by atoms with E-state index >= 15 is 0 Å². The molecule has 0 amide bonds. The van der Waals surface area contributed by atoms with Gasteiger partial charge in [0.25, 0.3) is 5.56 Å². The Morgan fingerprint density at radius 3 is 2.47 bits per heavy atom. The summed E-state index contributed by atoms with van der Waals surface area (Å²) < 4.78 is 44.2. The number of likely N-dealkylation sites (N-methyl/N-ethyl adjacent to an activating group) is 1. The summed E-state index contributed by atoms with van der Waals surface area (Å²) in [5.41, 5.74) is 4.03. The second-order valence-corrected chi connectivity index (χ2v) is 8.83. The first-order chi connectivity index (χ1) is 17.2. The molecule has 0 radical (unpaired) electrons. The average Bonchev–Trinajstić information content (AvgIpc) is 2.84. The number of alkyl halides is 3. The number of piperazine rings is 1. The maximum atomic E-state index is 13.5. The van der Waals surface area contributed by atoms with Crippen LogP contribution in [0, 0.1) is 6.92 Å². The van der Waals surface area contributed by atoms with Crippen molar-refractivity contribution in [2.45, 2.75) is 13.3 Å². The van der Waals surface area contributed by atoms with Gasteiger partial charge in [0.05, 0.1) is 22.3 Å². The second kappa shape index (κ2) is 9.27. The van der Waals surface area contributed by atoms with E-state index in [1.165, 1.54) is 29.1 Å². The first kappa shape index (κ1) is 23.8. The largest absolute Gasteiger partial charge is 0.573 e. The Kier molecular flexibility index (Phi) is 6.13. The second-order valence-electron chi connectivity index (χ2n) is 8.83. The van der Waals surface area contributed by atoms with Crippen LogP contribution in [0.3, 0.4) is 0 Å². The van der Waals surface area contributed by atoms with Crippen LogP contribution in [-0.2, 0) is 0 Å². The van der Waals surface area contributed by atoms with Crippen molar-refractivity contribution in [2.24, 2.45) is 0 Å². The van der Waals surface area contributed by atoms with Crippen LogP contribution < -0.4 is 15.2 Å². The number of fused-ring (bicyclic) bond motifs is 1. The topological polar surface area (TPSA) is 63.5 Å². The van der Waals surface area contributed by atoms with Gasteiger partial charge in [-0.25, -0.2) is 4.98 Å². The van der Waals surface area contributed by atoms with Gasteiger partial charge in [-0.1, -0.05) is 6.07 Å². The molecule has 3 heterocycles. The molecule has 1 fully saturated rings. The van der Waals surface area contributed by atoms with E-state index in [4.69, 9.17) is 0 Å². The highest BCUT2D eigenvalue weighted by molar-refractivity contribution is 5.84. The summed E-state index contributed by atoms with van der Waals surface area (Å²) in [5, 5.41) is 0.405. The lowest BCUT2D eigenvalue weighted by atomic mass is 10.0. The van der Waals surface area contributed by atoms with Crippen molar-refractivity contribution in [3.05, 3.63) is 77.1 Å². The molecule has 4 aromatic rings. The van der Waals surface area contributed by atoms with E-state index in [0.29, 0.717) is 35.4 Å². The van der Waals surface area contributed by atoms with E-state index in [-0.39, 0.29) is 11.3 Å². The number of halogens is 3. The molecule has 2 aromatic heterocycles. The minimum absolute atomic E-state index is 0.311. The third-order valence-corrected chi connectivity index (χ3v) is 6.39. The number of anilines is 1. The van der Waals surface area contributed by atoms with Gasteiger partial charge in [0, 0.05) is 50.2 Å². The summed E-state index contributed by atoms with van der Waals surface area (Å²) in [5.74, 6) is -0.335. The summed E-state index contributed by atoms with van der Waals surface area (Å²) >= 11 is 0. The van der Waals surface area contributed by atoms with Gasteiger partial charge in [0.15, 0.2) is 0 Å². The molecule has 0 saturated carbocycles. The van der Waals surface area contributed by atoms with Crippen molar-refractivity contribution in [3.8, 4) is 22.6 Å². The fourth-order valence-corrected chi connectivity index (χ4v) is 4.43. The van der Waals surface area contributed by atoms with E-state index in [9.17, 15) is 18.0 Å². The Morgan fingerprint density at radius 2 is 1.75 bits per heavy atom. The number of hydrogen-bond donors (Lipinski definition) is 0. The van der Waals surface area contributed by atoms with Gasteiger partial charge in [-0.2, -0.15) is 0 Å². The highest BCUT2D eigenvalue weighted by atomic mass is 19.4. The summed E-state index contributed by atoms with van der Waals surface area (Å²) in [4.78, 5) is 26.3. The molecule has 1 aliphatic heterocycles. The molecule has 36 heavy (non-hydrogen) atoms. The smallest absolute Gasteiger partial charge is 0.406 e. The van der Waals surface area contributed by atoms with Crippen LogP contribution in [0.4, 0.5) is 18.9 Å². The van der Waals surface area contributed by atoms with E-state index in [1.807, 2.05) is 37.1 Å². The van der Waals surface area contributed by atoms with Gasteiger partial charge in [-0.3, -0.25) is 14.3 Å². The zero-order valence-electron chi connectivity index (χ0n) is 19.8. The van der Waals surface area contributed by atoms with E-state index in [0.717, 1.165) is 29.8 Å². The SMILES string of the molecule is Cc1ccncc1-c1ccc2c(=O)n(-c3ccc(OC(F)(F)F)cc3N3CCN(C)CC3)cnc2c1. The van der Waals surface area contributed by atoms with Crippen LogP contribution >= 0.6 is 0 Å². The van der Waals surface area contributed by atoms with Crippen molar-refractivity contribution in [3.63, 3.8) is 0 Å². The maximum absolute atomic E-state index is 13.5. The number of benzene rings is 2. The molecule has 1 aliphatic rings. The van der Waals surface area contributed by atoms with Crippen LogP contribution in [0.1, 0.15) is 5.56 Å². The fraction of sp³-hybridized carbons (Fsp3) is 0.269. The van der Waals surface area contributed by atoms with Crippen molar-refractivity contribution in [1.82, 2.24) is 19.4 Å². The lowest BCUT2D eigenvalue weighted by molar-refractivity contribution is -0.274. The maximum Gasteiger partial charge on any atom is 0.573 e. The van der Waals surface area contributed by atoms with E-state index in [1.54, 1.807) is 18.5 Å². The molecule has 2 aromatic carbocycles. The number of aromatic nitrogens is 3. The summed E-state index contributed by atoms with van der Waals surface area (Å²) in [6.07, 6.45) is 0.0979. The standard InChI is InChI=1S/C26H24F3N5O2/c1-17-7-8-30-15-21(17)18-3-5-20-22(13-18)31-16-34(25(20)35)23-6-4-19(36-26(27,28)29)14-24(23)33-11-9-32(2)10-12-33/h3-8,13-16H,9-12H2,1-2H3. The molecule has 0 N–H and O–H groups in total. The normalized spacial score (nSPS) is 14.9. The molecule has 0 atom stereocenters. The van der Waals surface area contributed by atoms with Gasteiger partial charge < -0.3 is 14.5 Å². The number of nitrogens with zero attached hydrogens (tertiary/aromatic N) is 5. The zero-order chi connectivity index (χ0) is 25.4. The Balaban J connectivity index is 1.60. The van der Waals surface area contributed by atoms with Crippen LogP contribution in [0.2, 0.25) is 0 Å². The molecule has 1 saturated heterocycles. The van der Waals surface area contributed by atoms with Gasteiger partial charge in [0.2, 0.25) is 0 Å². The minimum Gasteiger partial charge on any atom is -0.406 e. The predicted octanol–water partition coefficient (Wildman–Crippen LogP) is 4.41. The highest BCUT2D eigenvalue weighted by Gasteiger charge is 2.32. The van der Waals surface area contributed by atoms with Crippen LogP contribution in [0.25, 0.3) is 27.7 Å². The number of aryl methyl sites for hydroxylation is 1. The van der Waals surface area contributed by atoms with Gasteiger partial charge in [-0.15, -0.1) is 13.2 Å². The van der Waals surface area contributed by atoms with Crippen molar-refractivity contribution in [1.29, 1.82) is 0 Å². The molecule has 0 spiro atoms. The fourth-order valence-electron chi connectivity index (χ4n) is 4.43. The van der Waals surface area contributed by atoms with Crippen LogP contribution in [0.5, 0.6) is 5.75 Å². The number of rotatable bonds is 4. The molecular formula is C26H24F3N5O2. The number of ether oxygens (including phenoxy) is 1. The first-order valence-corrected chi connectivity index (χ1v) is 11.5. The molecule has 0 unspecified atom stereocenters. The van der Waals surface area contributed by atoms with Gasteiger partial charge in [0.1, 0.15) is 12.1 Å². The summed E-state index contributed by atoms with van der Waals surface area (Å²) in [6.45, 7) is 4.67. The molecule has 0 bridgehead atoms. The Labute approximate surface area is 205 Å². The zero-order valence-corrected chi connectivity index (χ0v) is 19.8. The Hall–Kier alpha value is -3.92. The Bertz CT molecular complexity index is 1480. The molecule has 0 aliphatic carbocycles. The predicted molar refractivity (Wildman–Crippen MR) is 132 cm³/mol. The third kappa shape index (κ3) is 4.76. The van der Waals surface area contributed by atoms with Crippen molar-refractivity contribution in [2.75, 3.05) is 38.1 Å². The van der Waals surface area contributed by atoms with Crippen LogP contribution in [0.15, 0.2) is 66.0 Å². The minimum atomic E-state index is -4.81. The lowest BCUT2D eigenvalue weighted by Crippen LogP contribution is -2.45. The van der Waals surface area contributed by atoms with E-state index < -0.39 is 6.36 Å². The lowest BCUT2D eigenvalue weighted by Gasteiger charge is -2.35. The Morgan fingerprint density at radius 1 is 0.972 bits per heavy atom. The molecule has 5 rings (SSSR count). The van der Waals surface area contributed by atoms with Crippen molar-refractivity contribution < 1.29 is 17.9 Å². The number of hydrogen-bond acceptors (Lipinski definition) is 6. The monoisotopic (exact) mass is 495 g/mol. The van der Waals surface area contributed by atoms with Gasteiger partial charge in [-0.05, 0) is 55.4 Å². The molecule has 10 heteroatoms. The average molecular weight is 496 g/mol. The molecule has 186 valence electrons. The first-order valence-electron chi connectivity index (χ1n) is 11.5. The van der Waals surface area contributed by atoms with Crippen molar-refractivity contribution >= 4 is 16.6 Å². The summed E-state index contributed by atoms with van der Waals surface area (Å²) in [6, 6.07) is 11.3. The van der Waals surface area contributed by atoms with E-state index in [2.05, 4.69) is 19.6 Å². The highest BCUT2D eigenvalue weighted by Crippen LogP contribution is 2.33. The number of pyridine rings is 1. The molecular weight excluding hydrogens is 471 g/mol. The molecule has 7 nitrogen and oxygen atoms in total. The third-order valence-electron chi connectivity index (χ3n) is 6.39. The quantitative estimate of drug-likeness (QED) is 0.418.